The van der Waals surface area contributed by atoms with Gasteiger partial charge in [-0.15, -0.1) is 0 Å². The van der Waals surface area contributed by atoms with Crippen molar-refractivity contribution in [2.75, 3.05) is 19.0 Å². The molecule has 0 unspecified atom stereocenters. The molecule has 1 N–H and O–H groups in total. The first kappa shape index (κ1) is 21.9. The Morgan fingerprint density at radius 3 is 2.32 bits per heavy atom. The highest BCUT2D eigenvalue weighted by atomic mass is 16.5. The third-order valence-corrected chi connectivity index (χ3v) is 4.58. The summed E-state index contributed by atoms with van der Waals surface area (Å²) in [5, 5.41) is 2.82. The van der Waals surface area contributed by atoms with Crippen molar-refractivity contribution in [1.82, 2.24) is 0 Å². The molecule has 0 fully saturated rings. The molecule has 0 heterocycles. The maximum atomic E-state index is 13.1. The molecule has 1 atom stereocenters. The van der Waals surface area contributed by atoms with Gasteiger partial charge >= 0.3 is 5.97 Å². The van der Waals surface area contributed by atoms with Gasteiger partial charge in [-0.3, -0.25) is 4.79 Å². The molecule has 0 radical (unpaired) electrons. The van der Waals surface area contributed by atoms with E-state index in [1.165, 1.54) is 7.11 Å². The van der Waals surface area contributed by atoms with Gasteiger partial charge in [-0.1, -0.05) is 36.4 Å². The second kappa shape index (κ2) is 10.3. The van der Waals surface area contributed by atoms with Crippen molar-refractivity contribution in [2.45, 2.75) is 20.0 Å². The Morgan fingerprint density at radius 1 is 0.968 bits per heavy atom. The third-order valence-electron chi connectivity index (χ3n) is 4.58. The van der Waals surface area contributed by atoms with Crippen molar-refractivity contribution in [1.29, 1.82) is 0 Å². The molecule has 160 valence electrons. The van der Waals surface area contributed by atoms with E-state index in [-0.39, 0.29) is 0 Å². The topological polar surface area (TPSA) is 73.9 Å². The first-order valence-corrected chi connectivity index (χ1v) is 9.96. The van der Waals surface area contributed by atoms with E-state index in [2.05, 4.69) is 5.32 Å². The van der Waals surface area contributed by atoms with E-state index < -0.39 is 18.0 Å². The molecule has 0 aliphatic carbocycles. The molecule has 3 aromatic carbocycles. The van der Waals surface area contributed by atoms with Crippen LogP contribution in [0.25, 0.3) is 0 Å². The minimum Gasteiger partial charge on any atom is -0.495 e. The molecule has 3 rings (SSSR count). The van der Waals surface area contributed by atoms with Crippen molar-refractivity contribution < 1.29 is 23.8 Å². The van der Waals surface area contributed by atoms with Crippen LogP contribution in [-0.2, 0) is 9.53 Å². The molecule has 0 saturated heterocycles. The molecule has 1 amide bonds. The predicted molar refractivity (Wildman–Crippen MR) is 119 cm³/mol. The fourth-order valence-electron chi connectivity index (χ4n) is 3.05. The standard InChI is InChI=1S/C25H25NO5/c1-4-30-20-13-11-19(12-14-20)25(28)31-23(18-8-6-5-7-9-18)24(27)26-21-16-17(2)10-15-22(21)29-3/h5-16,23H,4H2,1-3H3,(H,26,27)/t23-/m1/s1. The summed E-state index contributed by atoms with van der Waals surface area (Å²) in [6.45, 7) is 4.33. The van der Waals surface area contributed by atoms with Gasteiger partial charge in [0.15, 0.2) is 0 Å². The second-order valence-corrected chi connectivity index (χ2v) is 6.85. The molecule has 0 spiro atoms. The zero-order valence-electron chi connectivity index (χ0n) is 17.8. The highest BCUT2D eigenvalue weighted by molar-refractivity contribution is 5.99. The fourth-order valence-corrected chi connectivity index (χ4v) is 3.05. The first-order chi connectivity index (χ1) is 15.0. The van der Waals surface area contributed by atoms with Gasteiger partial charge in [0.2, 0.25) is 6.10 Å². The van der Waals surface area contributed by atoms with E-state index in [0.29, 0.717) is 34.9 Å². The minimum atomic E-state index is -1.13. The fraction of sp³-hybridized carbons (Fsp3) is 0.200. The molecule has 0 bridgehead atoms. The van der Waals surface area contributed by atoms with Crippen LogP contribution < -0.4 is 14.8 Å². The highest BCUT2D eigenvalue weighted by Crippen LogP contribution is 2.28. The normalized spacial score (nSPS) is 11.3. The number of aryl methyl sites for hydroxylation is 1. The summed E-state index contributed by atoms with van der Waals surface area (Å²) in [6, 6.07) is 20.9. The van der Waals surface area contributed by atoms with Crippen LogP contribution in [0.4, 0.5) is 5.69 Å². The number of nitrogens with one attached hydrogen (secondary N) is 1. The van der Waals surface area contributed by atoms with Crippen LogP contribution in [0.1, 0.15) is 34.5 Å². The molecule has 0 aliphatic rings. The summed E-state index contributed by atoms with van der Waals surface area (Å²) in [6.07, 6.45) is -1.13. The number of carbonyl (C=O) groups is 2. The van der Waals surface area contributed by atoms with Crippen LogP contribution in [0.2, 0.25) is 0 Å². The Bertz CT molecular complexity index is 1030. The highest BCUT2D eigenvalue weighted by Gasteiger charge is 2.26. The lowest BCUT2D eigenvalue weighted by molar-refractivity contribution is -0.125. The summed E-state index contributed by atoms with van der Waals surface area (Å²) >= 11 is 0. The largest absolute Gasteiger partial charge is 0.495 e. The van der Waals surface area contributed by atoms with Crippen molar-refractivity contribution in [3.8, 4) is 11.5 Å². The van der Waals surface area contributed by atoms with E-state index in [0.717, 1.165) is 5.56 Å². The van der Waals surface area contributed by atoms with Gasteiger partial charge in [0.25, 0.3) is 5.91 Å². The Labute approximate surface area is 181 Å². The zero-order valence-corrected chi connectivity index (χ0v) is 17.8. The number of hydrogen-bond acceptors (Lipinski definition) is 5. The van der Waals surface area contributed by atoms with E-state index >= 15 is 0 Å². The third kappa shape index (κ3) is 5.63. The van der Waals surface area contributed by atoms with Gasteiger partial charge in [0, 0.05) is 5.56 Å². The lowest BCUT2D eigenvalue weighted by Crippen LogP contribution is -2.26. The van der Waals surface area contributed by atoms with Crippen LogP contribution in [0.3, 0.4) is 0 Å². The van der Waals surface area contributed by atoms with Crippen molar-refractivity contribution in [3.63, 3.8) is 0 Å². The summed E-state index contributed by atoms with van der Waals surface area (Å²) < 4.78 is 16.4. The molecule has 6 nitrogen and oxygen atoms in total. The van der Waals surface area contributed by atoms with Gasteiger partial charge < -0.3 is 19.5 Å². The van der Waals surface area contributed by atoms with Gasteiger partial charge in [-0.05, 0) is 55.8 Å². The Hall–Kier alpha value is -3.80. The minimum absolute atomic E-state index is 0.324. The molecule has 3 aromatic rings. The summed E-state index contributed by atoms with van der Waals surface area (Å²) in [5.41, 5.74) is 2.35. The van der Waals surface area contributed by atoms with Crippen molar-refractivity contribution in [3.05, 3.63) is 89.5 Å². The number of rotatable bonds is 8. The zero-order chi connectivity index (χ0) is 22.2. The van der Waals surface area contributed by atoms with E-state index in [1.807, 2.05) is 26.0 Å². The predicted octanol–water partition coefficient (Wildman–Crippen LogP) is 4.94. The Kier molecular flexibility index (Phi) is 7.27. The number of ether oxygens (including phenoxy) is 3. The van der Waals surface area contributed by atoms with E-state index in [1.54, 1.807) is 60.7 Å². The van der Waals surface area contributed by atoms with Crippen molar-refractivity contribution >= 4 is 17.6 Å². The molecule has 0 aliphatic heterocycles. The van der Waals surface area contributed by atoms with Crippen molar-refractivity contribution in [2.24, 2.45) is 0 Å². The van der Waals surface area contributed by atoms with Gasteiger partial charge in [0.05, 0.1) is 25.0 Å². The molecule has 6 heteroatoms. The molecular weight excluding hydrogens is 394 g/mol. The van der Waals surface area contributed by atoms with Crippen LogP contribution in [0.15, 0.2) is 72.8 Å². The monoisotopic (exact) mass is 419 g/mol. The number of esters is 1. The maximum absolute atomic E-state index is 13.1. The maximum Gasteiger partial charge on any atom is 0.339 e. The number of amides is 1. The molecular formula is C25H25NO5. The van der Waals surface area contributed by atoms with E-state index in [9.17, 15) is 9.59 Å². The number of hydrogen-bond donors (Lipinski definition) is 1. The first-order valence-electron chi connectivity index (χ1n) is 9.96. The van der Waals surface area contributed by atoms with Gasteiger partial charge in [-0.2, -0.15) is 0 Å². The molecule has 31 heavy (non-hydrogen) atoms. The number of carbonyl (C=O) groups excluding carboxylic acids is 2. The quantitative estimate of drug-likeness (QED) is 0.524. The van der Waals surface area contributed by atoms with E-state index in [4.69, 9.17) is 14.2 Å². The number of benzene rings is 3. The Balaban J connectivity index is 1.84. The summed E-state index contributed by atoms with van der Waals surface area (Å²) in [4.78, 5) is 25.9. The van der Waals surface area contributed by atoms with Crippen LogP contribution in [-0.4, -0.2) is 25.6 Å². The summed E-state index contributed by atoms with van der Waals surface area (Å²) in [7, 11) is 1.53. The number of anilines is 1. The number of methoxy groups -OCH3 is 1. The smallest absolute Gasteiger partial charge is 0.339 e. The average molecular weight is 419 g/mol. The van der Waals surface area contributed by atoms with Crippen LogP contribution >= 0.6 is 0 Å². The molecule has 0 aromatic heterocycles. The van der Waals surface area contributed by atoms with Crippen LogP contribution in [0.5, 0.6) is 11.5 Å². The van der Waals surface area contributed by atoms with Gasteiger partial charge in [-0.25, -0.2) is 4.79 Å². The molecule has 0 saturated carbocycles. The SMILES string of the molecule is CCOc1ccc(C(=O)O[C@@H](C(=O)Nc2cc(C)ccc2OC)c2ccccc2)cc1. The van der Waals surface area contributed by atoms with Gasteiger partial charge in [0.1, 0.15) is 11.5 Å². The Morgan fingerprint density at radius 2 is 1.68 bits per heavy atom. The lowest BCUT2D eigenvalue weighted by Gasteiger charge is -2.19. The average Bonchev–Trinajstić information content (AvgIpc) is 2.78. The summed E-state index contributed by atoms with van der Waals surface area (Å²) in [5.74, 6) is 0.0872. The van der Waals surface area contributed by atoms with Crippen LogP contribution in [0, 0.1) is 6.92 Å². The second-order valence-electron chi connectivity index (χ2n) is 6.85. The lowest BCUT2D eigenvalue weighted by atomic mass is 10.1.